The van der Waals surface area contributed by atoms with Crippen molar-refractivity contribution in [1.82, 2.24) is 14.9 Å². The fourth-order valence-corrected chi connectivity index (χ4v) is 4.52. The number of nitrogens with one attached hydrogen (secondary N) is 3. The highest BCUT2D eigenvalue weighted by atomic mass is 19.1. The number of para-hydroxylation sites is 1. The van der Waals surface area contributed by atoms with Crippen LogP contribution in [0.1, 0.15) is 12.8 Å². The van der Waals surface area contributed by atoms with Crippen molar-refractivity contribution >= 4 is 39.8 Å². The molecule has 3 N–H and O–H groups in total. The zero-order valence-electron chi connectivity index (χ0n) is 20.7. The first-order valence-corrected chi connectivity index (χ1v) is 12.3. The van der Waals surface area contributed by atoms with Crippen LogP contribution in [0.15, 0.2) is 79.5 Å². The van der Waals surface area contributed by atoms with Crippen LogP contribution >= 0.6 is 0 Å². The largest absolute Gasteiger partial charge is 0.382 e. The van der Waals surface area contributed by atoms with Gasteiger partial charge in [-0.05, 0) is 75.0 Å². The lowest BCUT2D eigenvalue weighted by molar-refractivity contribution is -0.111. The monoisotopic (exact) mass is 496 g/mol. The quantitative estimate of drug-likeness (QED) is 0.280. The van der Waals surface area contributed by atoms with Gasteiger partial charge in [0.1, 0.15) is 5.82 Å². The van der Waals surface area contributed by atoms with Crippen LogP contribution in [-0.4, -0.2) is 47.0 Å². The van der Waals surface area contributed by atoms with E-state index in [9.17, 15) is 9.18 Å². The zero-order chi connectivity index (χ0) is 25.8. The first kappa shape index (κ1) is 24.4. The van der Waals surface area contributed by atoms with Crippen molar-refractivity contribution in [2.24, 2.45) is 0 Å². The third-order valence-electron chi connectivity index (χ3n) is 6.54. The van der Waals surface area contributed by atoms with Crippen molar-refractivity contribution in [2.45, 2.75) is 18.9 Å². The summed E-state index contributed by atoms with van der Waals surface area (Å²) < 4.78 is 15.0. The standard InChI is InChI=1S/C29H29FN6O/c1-3-27(37)33-22-8-4-6-19(16-22)24-9-5-7-20-18-31-29(35-28(20)24)34-26-11-10-23(17-25(26)30)32-21-12-14-36(2)15-13-21/h3-11,16-18,21,32H,1,12-15H2,2H3,(H,33,37)(H,31,34,35). The Bertz CT molecular complexity index is 1450. The Morgan fingerprint density at radius 3 is 2.68 bits per heavy atom. The summed E-state index contributed by atoms with van der Waals surface area (Å²) in [5, 5.41) is 10.1. The van der Waals surface area contributed by atoms with Crippen molar-refractivity contribution in [3.8, 4) is 11.1 Å². The number of fused-ring (bicyclic) bond motifs is 1. The molecule has 4 aromatic rings. The van der Waals surface area contributed by atoms with E-state index in [1.807, 2.05) is 48.5 Å². The summed E-state index contributed by atoms with van der Waals surface area (Å²) in [6, 6.07) is 18.8. The number of amides is 1. The van der Waals surface area contributed by atoms with Gasteiger partial charge in [-0.15, -0.1) is 0 Å². The topological polar surface area (TPSA) is 82.2 Å². The van der Waals surface area contributed by atoms with Crippen LogP contribution in [0.25, 0.3) is 22.0 Å². The van der Waals surface area contributed by atoms with Crippen LogP contribution < -0.4 is 16.0 Å². The minimum Gasteiger partial charge on any atom is -0.382 e. The van der Waals surface area contributed by atoms with E-state index in [1.54, 1.807) is 12.3 Å². The Kier molecular flexibility index (Phi) is 7.09. The van der Waals surface area contributed by atoms with Crippen molar-refractivity contribution in [3.05, 3.63) is 85.3 Å². The van der Waals surface area contributed by atoms with E-state index in [0.717, 1.165) is 48.1 Å². The fraction of sp³-hybridized carbons (Fsp3) is 0.207. The minimum absolute atomic E-state index is 0.279. The lowest BCUT2D eigenvalue weighted by Gasteiger charge is -2.30. The minimum atomic E-state index is -0.374. The molecule has 7 nitrogen and oxygen atoms in total. The highest BCUT2D eigenvalue weighted by molar-refractivity contribution is 6.00. The van der Waals surface area contributed by atoms with E-state index in [2.05, 4.69) is 39.5 Å². The maximum absolute atomic E-state index is 15.0. The second kappa shape index (κ2) is 10.8. The average molecular weight is 497 g/mol. The van der Waals surface area contributed by atoms with Crippen LogP contribution in [-0.2, 0) is 4.79 Å². The van der Waals surface area contributed by atoms with E-state index in [4.69, 9.17) is 4.98 Å². The SMILES string of the molecule is C=CC(=O)Nc1cccc(-c2cccc3cnc(Nc4ccc(NC5CCN(C)CC5)cc4F)nc23)c1. The summed E-state index contributed by atoms with van der Waals surface area (Å²) >= 11 is 0. The maximum Gasteiger partial charge on any atom is 0.247 e. The molecule has 1 aliphatic rings. The summed E-state index contributed by atoms with van der Waals surface area (Å²) in [6.45, 7) is 5.57. The Hall–Kier alpha value is -4.30. The smallest absolute Gasteiger partial charge is 0.247 e. The van der Waals surface area contributed by atoms with E-state index < -0.39 is 0 Å². The second-order valence-corrected chi connectivity index (χ2v) is 9.25. The van der Waals surface area contributed by atoms with Gasteiger partial charge in [0.15, 0.2) is 0 Å². The molecule has 1 saturated heterocycles. The molecule has 0 saturated carbocycles. The molecule has 0 spiro atoms. The third-order valence-corrected chi connectivity index (χ3v) is 6.54. The molecule has 0 unspecified atom stereocenters. The maximum atomic E-state index is 15.0. The molecule has 1 aliphatic heterocycles. The van der Waals surface area contributed by atoms with Gasteiger partial charge >= 0.3 is 0 Å². The van der Waals surface area contributed by atoms with Gasteiger partial charge in [-0.25, -0.2) is 14.4 Å². The van der Waals surface area contributed by atoms with Gasteiger partial charge in [0, 0.05) is 34.6 Å². The number of hydrogen-bond acceptors (Lipinski definition) is 6. The number of halogens is 1. The van der Waals surface area contributed by atoms with Gasteiger partial charge in [-0.1, -0.05) is 36.9 Å². The van der Waals surface area contributed by atoms with Crippen LogP contribution in [0.4, 0.5) is 27.4 Å². The Balaban J connectivity index is 1.38. The normalized spacial score (nSPS) is 14.3. The van der Waals surface area contributed by atoms with Gasteiger partial charge in [-0.3, -0.25) is 4.79 Å². The molecule has 3 aromatic carbocycles. The molecule has 1 fully saturated rings. The summed E-state index contributed by atoms with van der Waals surface area (Å²) in [5.74, 6) is -0.356. The van der Waals surface area contributed by atoms with Gasteiger partial charge in [-0.2, -0.15) is 0 Å². The summed E-state index contributed by atoms with van der Waals surface area (Å²) in [7, 11) is 2.12. The summed E-state index contributed by atoms with van der Waals surface area (Å²) in [5.41, 5.74) is 4.20. The third kappa shape index (κ3) is 5.76. The van der Waals surface area contributed by atoms with Crippen molar-refractivity contribution in [1.29, 1.82) is 0 Å². The number of nitrogens with zero attached hydrogens (tertiary/aromatic N) is 3. The van der Waals surface area contributed by atoms with E-state index in [0.29, 0.717) is 28.9 Å². The molecule has 188 valence electrons. The number of benzene rings is 3. The van der Waals surface area contributed by atoms with Crippen molar-refractivity contribution < 1.29 is 9.18 Å². The van der Waals surface area contributed by atoms with Gasteiger partial charge in [0.05, 0.1) is 11.2 Å². The number of carbonyl (C=O) groups excluding carboxylic acids is 1. The molecule has 0 bridgehead atoms. The van der Waals surface area contributed by atoms with Crippen LogP contribution in [0, 0.1) is 5.82 Å². The number of anilines is 4. The lowest BCUT2D eigenvalue weighted by Crippen LogP contribution is -2.36. The predicted octanol–water partition coefficient (Wildman–Crippen LogP) is 5.81. The number of rotatable bonds is 7. The predicted molar refractivity (Wildman–Crippen MR) is 148 cm³/mol. The molecule has 8 heteroatoms. The highest BCUT2D eigenvalue weighted by Crippen LogP contribution is 2.30. The van der Waals surface area contributed by atoms with E-state index >= 15 is 0 Å². The van der Waals surface area contributed by atoms with Crippen LogP contribution in [0.5, 0.6) is 0 Å². The summed E-state index contributed by atoms with van der Waals surface area (Å²) in [4.78, 5) is 23.1. The molecule has 37 heavy (non-hydrogen) atoms. The molecule has 0 radical (unpaired) electrons. The average Bonchev–Trinajstić information content (AvgIpc) is 2.91. The lowest BCUT2D eigenvalue weighted by atomic mass is 10.0. The van der Waals surface area contributed by atoms with Crippen molar-refractivity contribution in [2.75, 3.05) is 36.1 Å². The molecule has 1 amide bonds. The number of likely N-dealkylation sites (tertiary alicyclic amines) is 1. The molecule has 0 atom stereocenters. The highest BCUT2D eigenvalue weighted by Gasteiger charge is 2.17. The fourth-order valence-electron chi connectivity index (χ4n) is 4.52. The van der Waals surface area contributed by atoms with Crippen LogP contribution in [0.2, 0.25) is 0 Å². The van der Waals surface area contributed by atoms with Gasteiger partial charge < -0.3 is 20.9 Å². The van der Waals surface area contributed by atoms with Crippen molar-refractivity contribution in [3.63, 3.8) is 0 Å². The van der Waals surface area contributed by atoms with E-state index in [-0.39, 0.29) is 11.7 Å². The van der Waals surface area contributed by atoms with Gasteiger partial charge in [0.25, 0.3) is 0 Å². The number of aromatic nitrogens is 2. The van der Waals surface area contributed by atoms with Crippen LogP contribution in [0.3, 0.4) is 0 Å². The Labute approximate surface area is 215 Å². The summed E-state index contributed by atoms with van der Waals surface area (Å²) in [6.07, 6.45) is 5.02. The molecular formula is C29H29FN6O. The first-order chi connectivity index (χ1) is 18.0. The molecule has 0 aliphatic carbocycles. The van der Waals surface area contributed by atoms with Gasteiger partial charge in [0.2, 0.25) is 11.9 Å². The van der Waals surface area contributed by atoms with E-state index in [1.165, 1.54) is 12.1 Å². The molecule has 5 rings (SSSR count). The number of piperidine rings is 1. The second-order valence-electron chi connectivity index (χ2n) is 9.25. The Morgan fingerprint density at radius 2 is 1.89 bits per heavy atom. The first-order valence-electron chi connectivity index (χ1n) is 12.3. The number of hydrogen-bond donors (Lipinski definition) is 3. The number of carbonyl (C=O) groups is 1. The Morgan fingerprint density at radius 1 is 1.08 bits per heavy atom. The molecule has 2 heterocycles. The molecule has 1 aromatic heterocycles. The zero-order valence-corrected chi connectivity index (χ0v) is 20.7. The molecular weight excluding hydrogens is 467 g/mol.